The van der Waals surface area contributed by atoms with Gasteiger partial charge in [0.15, 0.2) is 6.10 Å². The largest absolute Gasteiger partial charge is 0.479 e. The van der Waals surface area contributed by atoms with Crippen molar-refractivity contribution in [2.24, 2.45) is 0 Å². The van der Waals surface area contributed by atoms with Crippen molar-refractivity contribution in [1.29, 1.82) is 0 Å². The van der Waals surface area contributed by atoms with Crippen molar-refractivity contribution in [2.45, 2.75) is 13.0 Å². The molecule has 0 aromatic heterocycles. The fraction of sp³-hybridized carbons (Fsp3) is 0.222. The second-order valence-corrected chi connectivity index (χ2v) is 2.81. The maximum absolute atomic E-state index is 13.1. The molecular weight excluding hydrogens is 194 g/mol. The number of halogens is 2. The predicted molar refractivity (Wildman–Crippen MR) is 43.7 cm³/mol. The van der Waals surface area contributed by atoms with Crippen LogP contribution in [0.25, 0.3) is 0 Å². The van der Waals surface area contributed by atoms with Gasteiger partial charge in [-0.25, -0.2) is 13.6 Å². The molecular formula is C9H8F2O3. The van der Waals surface area contributed by atoms with E-state index in [9.17, 15) is 13.6 Å². The van der Waals surface area contributed by atoms with E-state index in [0.717, 1.165) is 12.1 Å². The van der Waals surface area contributed by atoms with Gasteiger partial charge >= 0.3 is 5.97 Å². The van der Waals surface area contributed by atoms with Crippen LogP contribution in [-0.2, 0) is 4.79 Å². The van der Waals surface area contributed by atoms with Crippen LogP contribution in [-0.4, -0.2) is 16.2 Å². The van der Waals surface area contributed by atoms with Gasteiger partial charge in [-0.2, -0.15) is 0 Å². The van der Waals surface area contributed by atoms with E-state index in [-0.39, 0.29) is 5.56 Å². The Hall–Kier alpha value is -1.49. The monoisotopic (exact) mass is 202 g/mol. The molecule has 1 aromatic carbocycles. The van der Waals surface area contributed by atoms with Gasteiger partial charge < -0.3 is 10.2 Å². The molecule has 0 spiro atoms. The van der Waals surface area contributed by atoms with Crippen LogP contribution in [0.1, 0.15) is 17.2 Å². The summed E-state index contributed by atoms with van der Waals surface area (Å²) in [5.74, 6) is -3.29. The number of carbonyl (C=O) groups is 1. The molecule has 0 aliphatic heterocycles. The zero-order valence-electron chi connectivity index (χ0n) is 7.29. The molecule has 5 heteroatoms. The van der Waals surface area contributed by atoms with Crippen molar-refractivity contribution < 1.29 is 23.8 Å². The van der Waals surface area contributed by atoms with E-state index in [4.69, 9.17) is 10.2 Å². The fourth-order valence-corrected chi connectivity index (χ4v) is 1.13. The lowest BCUT2D eigenvalue weighted by molar-refractivity contribution is -0.147. The molecule has 1 aromatic rings. The first-order valence-corrected chi connectivity index (χ1v) is 3.80. The van der Waals surface area contributed by atoms with Gasteiger partial charge in [-0.15, -0.1) is 0 Å². The van der Waals surface area contributed by atoms with Crippen LogP contribution in [0.4, 0.5) is 8.78 Å². The topological polar surface area (TPSA) is 57.5 Å². The highest BCUT2D eigenvalue weighted by atomic mass is 19.1. The zero-order valence-corrected chi connectivity index (χ0v) is 7.29. The molecule has 2 N–H and O–H groups in total. The molecule has 1 atom stereocenters. The van der Waals surface area contributed by atoms with Gasteiger partial charge in [-0.3, -0.25) is 0 Å². The molecule has 0 heterocycles. The van der Waals surface area contributed by atoms with Gasteiger partial charge in [0.05, 0.1) is 0 Å². The smallest absolute Gasteiger partial charge is 0.337 e. The van der Waals surface area contributed by atoms with Crippen LogP contribution in [0.2, 0.25) is 0 Å². The molecule has 76 valence electrons. The molecule has 0 aliphatic rings. The Morgan fingerprint density at radius 3 is 2.36 bits per heavy atom. The van der Waals surface area contributed by atoms with Gasteiger partial charge in [-0.1, -0.05) is 0 Å². The first-order valence-electron chi connectivity index (χ1n) is 3.80. The standard InChI is InChI=1S/C9H8F2O3/c1-4-5(10)2-3-6(11)7(4)8(12)9(13)14/h2-3,8,12H,1H3,(H,13,14). The third-order valence-electron chi connectivity index (χ3n) is 1.90. The second kappa shape index (κ2) is 3.71. The van der Waals surface area contributed by atoms with Crippen molar-refractivity contribution in [3.05, 3.63) is 34.9 Å². The van der Waals surface area contributed by atoms with Gasteiger partial charge in [-0.05, 0) is 24.6 Å². The number of benzene rings is 1. The maximum atomic E-state index is 13.1. The number of hydrogen-bond donors (Lipinski definition) is 2. The van der Waals surface area contributed by atoms with Gasteiger partial charge in [0.25, 0.3) is 0 Å². The summed E-state index contributed by atoms with van der Waals surface area (Å²) >= 11 is 0. The van der Waals surface area contributed by atoms with Gasteiger partial charge in [0.1, 0.15) is 11.6 Å². The maximum Gasteiger partial charge on any atom is 0.337 e. The third kappa shape index (κ3) is 1.72. The van der Waals surface area contributed by atoms with Crippen LogP contribution in [0.3, 0.4) is 0 Å². The summed E-state index contributed by atoms with van der Waals surface area (Å²) in [6.07, 6.45) is -2.04. The Balaban J connectivity index is 3.32. The summed E-state index contributed by atoms with van der Waals surface area (Å²) in [7, 11) is 0. The lowest BCUT2D eigenvalue weighted by Gasteiger charge is -2.10. The number of carboxylic acid groups (broad SMARTS) is 1. The number of hydrogen-bond acceptors (Lipinski definition) is 2. The lowest BCUT2D eigenvalue weighted by Crippen LogP contribution is -2.14. The summed E-state index contributed by atoms with van der Waals surface area (Å²) in [6.45, 7) is 1.21. The fourth-order valence-electron chi connectivity index (χ4n) is 1.13. The van der Waals surface area contributed by atoms with Crippen LogP contribution in [0, 0.1) is 18.6 Å². The highest BCUT2D eigenvalue weighted by molar-refractivity contribution is 5.74. The molecule has 0 aliphatic carbocycles. The highest BCUT2D eigenvalue weighted by Crippen LogP contribution is 2.23. The van der Waals surface area contributed by atoms with Crippen molar-refractivity contribution in [3.8, 4) is 0 Å². The normalized spacial score (nSPS) is 12.6. The van der Waals surface area contributed by atoms with E-state index in [1.807, 2.05) is 0 Å². The van der Waals surface area contributed by atoms with Crippen LogP contribution < -0.4 is 0 Å². The third-order valence-corrected chi connectivity index (χ3v) is 1.90. The number of aliphatic carboxylic acids is 1. The molecule has 1 rings (SSSR count). The molecule has 0 saturated heterocycles. The average Bonchev–Trinajstić information content (AvgIpc) is 2.12. The average molecular weight is 202 g/mol. The van der Waals surface area contributed by atoms with Gasteiger partial charge in [0, 0.05) is 5.56 Å². The Labute approximate surface area is 78.6 Å². The minimum atomic E-state index is -2.04. The number of carboxylic acids is 1. The molecule has 3 nitrogen and oxygen atoms in total. The highest BCUT2D eigenvalue weighted by Gasteiger charge is 2.23. The summed E-state index contributed by atoms with van der Waals surface area (Å²) in [5.41, 5.74) is -0.725. The molecule has 0 radical (unpaired) electrons. The SMILES string of the molecule is Cc1c(F)ccc(F)c1C(O)C(=O)O. The Morgan fingerprint density at radius 1 is 1.36 bits per heavy atom. The first-order chi connectivity index (χ1) is 6.45. The van der Waals surface area contributed by atoms with E-state index < -0.39 is 29.3 Å². The van der Waals surface area contributed by atoms with Crippen molar-refractivity contribution >= 4 is 5.97 Å². The van der Waals surface area contributed by atoms with Crippen LogP contribution in [0.5, 0.6) is 0 Å². The van der Waals surface area contributed by atoms with E-state index in [0.29, 0.717) is 0 Å². The molecule has 0 saturated carbocycles. The molecule has 0 amide bonds. The minimum absolute atomic E-state index is 0.195. The first kappa shape index (κ1) is 10.6. The number of rotatable bonds is 2. The summed E-state index contributed by atoms with van der Waals surface area (Å²) < 4.78 is 26.0. The number of aliphatic hydroxyl groups is 1. The summed E-state index contributed by atoms with van der Waals surface area (Å²) in [4.78, 5) is 10.4. The molecule has 0 bridgehead atoms. The Morgan fingerprint density at radius 2 is 1.86 bits per heavy atom. The van der Waals surface area contributed by atoms with Crippen LogP contribution >= 0.6 is 0 Å². The van der Waals surface area contributed by atoms with E-state index in [1.165, 1.54) is 6.92 Å². The molecule has 1 unspecified atom stereocenters. The lowest BCUT2D eigenvalue weighted by atomic mass is 10.0. The molecule has 0 fully saturated rings. The van der Waals surface area contributed by atoms with Crippen molar-refractivity contribution in [3.63, 3.8) is 0 Å². The Bertz CT molecular complexity index is 377. The summed E-state index contributed by atoms with van der Waals surface area (Å²) in [6, 6.07) is 1.66. The van der Waals surface area contributed by atoms with Crippen LogP contribution in [0.15, 0.2) is 12.1 Å². The number of aliphatic hydroxyl groups excluding tert-OH is 1. The zero-order chi connectivity index (χ0) is 10.9. The Kier molecular flexibility index (Phi) is 2.81. The second-order valence-electron chi connectivity index (χ2n) is 2.81. The van der Waals surface area contributed by atoms with E-state index in [2.05, 4.69) is 0 Å². The predicted octanol–water partition coefficient (Wildman–Crippen LogP) is 1.39. The minimum Gasteiger partial charge on any atom is -0.479 e. The molecule has 14 heavy (non-hydrogen) atoms. The van der Waals surface area contributed by atoms with E-state index >= 15 is 0 Å². The van der Waals surface area contributed by atoms with Gasteiger partial charge in [0.2, 0.25) is 0 Å². The van der Waals surface area contributed by atoms with E-state index in [1.54, 1.807) is 0 Å². The van der Waals surface area contributed by atoms with Crippen molar-refractivity contribution in [1.82, 2.24) is 0 Å². The quantitative estimate of drug-likeness (QED) is 0.761. The summed E-state index contributed by atoms with van der Waals surface area (Å²) in [5, 5.41) is 17.5. The van der Waals surface area contributed by atoms with Crippen molar-refractivity contribution in [2.75, 3.05) is 0 Å².